The van der Waals surface area contributed by atoms with Gasteiger partial charge in [0.2, 0.25) is 17.0 Å². The molecular formula is C24H26BrN5O3S. The molecule has 0 saturated carbocycles. The molecule has 1 unspecified atom stereocenters. The molecule has 4 rings (SSSR count). The summed E-state index contributed by atoms with van der Waals surface area (Å²) in [6, 6.07) is 11.3. The fourth-order valence-electron chi connectivity index (χ4n) is 3.83. The van der Waals surface area contributed by atoms with Gasteiger partial charge >= 0.3 is 0 Å². The van der Waals surface area contributed by atoms with Gasteiger partial charge in [-0.1, -0.05) is 48.5 Å². The summed E-state index contributed by atoms with van der Waals surface area (Å²) in [7, 11) is 1.58. The molecule has 34 heavy (non-hydrogen) atoms. The molecule has 1 aliphatic heterocycles. The van der Waals surface area contributed by atoms with Gasteiger partial charge < -0.3 is 20.5 Å². The summed E-state index contributed by atoms with van der Waals surface area (Å²) in [5, 5.41) is 8.41. The lowest BCUT2D eigenvalue weighted by Crippen LogP contribution is -2.31. The van der Waals surface area contributed by atoms with Gasteiger partial charge in [-0.15, -0.1) is 5.10 Å². The number of methoxy groups -OCH3 is 1. The number of hydrogen-bond donors (Lipinski definition) is 2. The highest BCUT2D eigenvalue weighted by molar-refractivity contribution is 9.10. The van der Waals surface area contributed by atoms with Crippen molar-refractivity contribution in [2.45, 2.75) is 38.6 Å². The van der Waals surface area contributed by atoms with E-state index in [0.29, 0.717) is 45.0 Å². The zero-order chi connectivity index (χ0) is 24.4. The number of amides is 1. The lowest BCUT2D eigenvalue weighted by Gasteiger charge is -2.28. The maximum Gasteiger partial charge on any atom is 0.248 e. The minimum Gasteiger partial charge on any atom is -0.493 e. The highest BCUT2D eigenvalue weighted by atomic mass is 79.9. The summed E-state index contributed by atoms with van der Waals surface area (Å²) < 4.78 is 14.2. The van der Waals surface area contributed by atoms with Gasteiger partial charge in [-0.2, -0.15) is 4.98 Å². The van der Waals surface area contributed by atoms with Crippen molar-refractivity contribution in [2.24, 2.45) is 5.73 Å². The van der Waals surface area contributed by atoms with Crippen LogP contribution < -0.4 is 20.5 Å². The maximum atomic E-state index is 12.5. The first-order valence-corrected chi connectivity index (χ1v) is 12.5. The monoisotopic (exact) mass is 543 g/mol. The number of anilines is 1. The number of aryl methyl sites for hydroxylation is 1. The van der Waals surface area contributed by atoms with E-state index < -0.39 is 11.9 Å². The van der Waals surface area contributed by atoms with Gasteiger partial charge in [0.25, 0.3) is 0 Å². The molecule has 1 aliphatic rings. The number of hydrogen-bond acceptors (Lipinski definition) is 7. The van der Waals surface area contributed by atoms with Gasteiger partial charge in [0.05, 0.1) is 17.2 Å². The molecule has 8 nitrogen and oxygen atoms in total. The summed E-state index contributed by atoms with van der Waals surface area (Å²) in [4.78, 5) is 17.0. The quantitative estimate of drug-likeness (QED) is 0.392. The molecule has 0 aliphatic carbocycles. The molecule has 1 amide bonds. The van der Waals surface area contributed by atoms with E-state index in [0.717, 1.165) is 16.9 Å². The van der Waals surface area contributed by atoms with Crippen LogP contribution in [0.3, 0.4) is 0 Å². The summed E-state index contributed by atoms with van der Waals surface area (Å²) in [5.74, 6) is 1.95. The topological polar surface area (TPSA) is 104 Å². The van der Waals surface area contributed by atoms with Crippen LogP contribution in [0.25, 0.3) is 0 Å². The molecule has 0 saturated heterocycles. The third kappa shape index (κ3) is 4.78. The van der Waals surface area contributed by atoms with Crippen LogP contribution in [-0.4, -0.2) is 33.5 Å². The molecule has 0 radical (unpaired) electrons. The Hall–Kier alpha value is -2.98. The van der Waals surface area contributed by atoms with E-state index in [9.17, 15) is 4.79 Å². The number of thioether (sulfide) groups is 1. The zero-order valence-electron chi connectivity index (χ0n) is 19.4. The first-order chi connectivity index (χ1) is 16.3. The summed E-state index contributed by atoms with van der Waals surface area (Å²) in [5.41, 5.74) is 9.85. The second kappa shape index (κ2) is 10.1. The molecule has 2 heterocycles. The first kappa shape index (κ1) is 24.2. The van der Waals surface area contributed by atoms with Crippen LogP contribution in [0.4, 0.5) is 5.95 Å². The minimum atomic E-state index is -0.566. The molecule has 2 aromatic carbocycles. The van der Waals surface area contributed by atoms with E-state index in [1.807, 2.05) is 57.2 Å². The Morgan fingerprint density at radius 2 is 2.00 bits per heavy atom. The highest BCUT2D eigenvalue weighted by Crippen LogP contribution is 2.43. The van der Waals surface area contributed by atoms with Crippen LogP contribution in [0.2, 0.25) is 0 Å². The number of ether oxygens (including phenoxy) is 2. The summed E-state index contributed by atoms with van der Waals surface area (Å²) in [6.45, 7) is 6.28. The summed E-state index contributed by atoms with van der Waals surface area (Å²) in [6.07, 6.45) is 0. The van der Waals surface area contributed by atoms with Crippen LogP contribution in [0.1, 0.15) is 36.6 Å². The predicted octanol–water partition coefficient (Wildman–Crippen LogP) is 4.82. The normalized spacial score (nSPS) is 15.0. The zero-order valence-corrected chi connectivity index (χ0v) is 21.8. The average molecular weight is 544 g/mol. The second-order valence-electron chi connectivity index (χ2n) is 7.83. The van der Waals surface area contributed by atoms with Gasteiger partial charge in [-0.25, -0.2) is 4.68 Å². The molecule has 10 heteroatoms. The lowest BCUT2D eigenvalue weighted by molar-refractivity contribution is -0.115. The van der Waals surface area contributed by atoms with Gasteiger partial charge in [-0.3, -0.25) is 4.79 Å². The van der Waals surface area contributed by atoms with E-state index in [-0.39, 0.29) is 0 Å². The third-order valence-electron chi connectivity index (χ3n) is 5.44. The van der Waals surface area contributed by atoms with Crippen molar-refractivity contribution in [3.63, 3.8) is 0 Å². The number of nitrogens with one attached hydrogen (secondary N) is 1. The number of halogens is 1. The van der Waals surface area contributed by atoms with Crippen molar-refractivity contribution in [2.75, 3.05) is 18.2 Å². The van der Waals surface area contributed by atoms with Gasteiger partial charge in [-0.05, 0) is 58.8 Å². The highest BCUT2D eigenvalue weighted by Gasteiger charge is 2.34. The van der Waals surface area contributed by atoms with Crippen molar-refractivity contribution in [3.05, 3.63) is 68.8 Å². The Bertz CT molecular complexity index is 1260. The van der Waals surface area contributed by atoms with Crippen LogP contribution >= 0.6 is 27.7 Å². The number of carbonyl (C=O) groups is 1. The van der Waals surface area contributed by atoms with Crippen molar-refractivity contribution in [1.29, 1.82) is 0 Å². The number of benzene rings is 2. The van der Waals surface area contributed by atoms with Gasteiger partial charge in [0.15, 0.2) is 11.5 Å². The Kier molecular flexibility index (Phi) is 7.18. The number of nitrogens with zero attached hydrogens (tertiary/aromatic N) is 3. The lowest BCUT2D eigenvalue weighted by atomic mass is 9.95. The number of allylic oxidation sites excluding steroid dienone is 1. The number of nitrogens with two attached hydrogens (primary N) is 1. The van der Waals surface area contributed by atoms with E-state index in [2.05, 4.69) is 31.3 Å². The Morgan fingerprint density at radius 1 is 1.26 bits per heavy atom. The Labute approximate surface area is 211 Å². The van der Waals surface area contributed by atoms with Crippen LogP contribution in [0.5, 0.6) is 11.5 Å². The van der Waals surface area contributed by atoms with Crippen molar-refractivity contribution in [3.8, 4) is 11.5 Å². The van der Waals surface area contributed by atoms with Crippen LogP contribution in [0.15, 0.2) is 57.3 Å². The average Bonchev–Trinajstić information content (AvgIpc) is 3.19. The van der Waals surface area contributed by atoms with Gasteiger partial charge in [0.1, 0.15) is 12.6 Å². The number of rotatable bonds is 8. The number of carbonyl (C=O) groups excluding carboxylic acids is 1. The fraction of sp³-hybridized carbons (Fsp3) is 0.292. The van der Waals surface area contributed by atoms with Crippen LogP contribution in [0, 0.1) is 6.92 Å². The van der Waals surface area contributed by atoms with E-state index in [1.165, 1.54) is 17.3 Å². The molecule has 3 aromatic rings. The van der Waals surface area contributed by atoms with E-state index in [1.54, 1.807) is 11.8 Å². The third-order valence-corrected chi connectivity index (χ3v) is 6.75. The van der Waals surface area contributed by atoms with E-state index in [4.69, 9.17) is 15.2 Å². The molecule has 0 spiro atoms. The minimum absolute atomic E-state index is 0.387. The number of fused-ring (bicyclic) bond motifs is 1. The molecule has 1 aromatic heterocycles. The van der Waals surface area contributed by atoms with Crippen molar-refractivity contribution < 1.29 is 14.3 Å². The SMILES string of the molecule is CCSc1nc2n(n1)C(c1cc(Br)c(OCc3ccc(C)cc3)c(OC)c1)C(C(N)=O)=C(C)N2. The van der Waals surface area contributed by atoms with Gasteiger partial charge in [0, 0.05) is 5.70 Å². The predicted molar refractivity (Wildman–Crippen MR) is 136 cm³/mol. The fourth-order valence-corrected chi connectivity index (χ4v) is 4.96. The Morgan fingerprint density at radius 3 is 2.65 bits per heavy atom. The molecule has 3 N–H and O–H groups in total. The van der Waals surface area contributed by atoms with Crippen molar-refractivity contribution in [1.82, 2.24) is 14.8 Å². The first-order valence-electron chi connectivity index (χ1n) is 10.7. The largest absolute Gasteiger partial charge is 0.493 e. The number of primary amides is 1. The van der Waals surface area contributed by atoms with Crippen LogP contribution in [-0.2, 0) is 11.4 Å². The summed E-state index contributed by atoms with van der Waals surface area (Å²) >= 11 is 5.15. The smallest absolute Gasteiger partial charge is 0.248 e. The Balaban J connectivity index is 1.74. The van der Waals surface area contributed by atoms with Crippen molar-refractivity contribution >= 4 is 39.5 Å². The maximum absolute atomic E-state index is 12.5. The molecular weight excluding hydrogens is 518 g/mol. The standard InChI is InChI=1S/C24H26BrN5O3S/c1-5-34-24-28-23-27-14(3)19(22(26)31)20(30(23)29-24)16-10-17(25)21(18(11-16)32-4)33-12-15-8-6-13(2)7-9-15/h6-11,20H,5,12H2,1-4H3,(H2,26,31)(H,27,28,29). The van der Waals surface area contributed by atoms with E-state index >= 15 is 0 Å². The molecule has 178 valence electrons. The molecule has 0 fully saturated rings. The molecule has 0 bridgehead atoms. The number of aromatic nitrogens is 3. The molecule has 1 atom stereocenters. The second-order valence-corrected chi connectivity index (χ2v) is 9.92.